The molecule has 0 aliphatic heterocycles. The van der Waals surface area contributed by atoms with Gasteiger partial charge in [0.1, 0.15) is 0 Å². The molecule has 1 heterocycles. The van der Waals surface area contributed by atoms with Crippen molar-refractivity contribution in [2.75, 3.05) is 0 Å². The van der Waals surface area contributed by atoms with Crippen LogP contribution in [-0.4, -0.2) is 10.2 Å². The van der Waals surface area contributed by atoms with Crippen LogP contribution in [0.25, 0.3) is 11.5 Å². The molecular weight excluding hydrogens is 212 g/mol. The van der Waals surface area contributed by atoms with Crippen LogP contribution < -0.4 is 0 Å². The number of nitrogens with zero attached hydrogens (tertiary/aromatic N) is 2. The van der Waals surface area contributed by atoms with Gasteiger partial charge in [0.05, 0.1) is 0 Å². The van der Waals surface area contributed by atoms with Crippen molar-refractivity contribution < 1.29 is 4.42 Å². The zero-order chi connectivity index (χ0) is 12.1. The Bertz CT molecular complexity index is 448. The summed E-state index contributed by atoms with van der Waals surface area (Å²) in [6, 6.07) is 9.87. The second kappa shape index (κ2) is 5.62. The summed E-state index contributed by atoms with van der Waals surface area (Å²) in [5.41, 5.74) is 0.982. The lowest BCUT2D eigenvalue weighted by molar-refractivity contribution is 0.473. The van der Waals surface area contributed by atoms with Gasteiger partial charge in [-0.15, -0.1) is 10.2 Å². The standard InChI is InChI=1S/C14H18N2O/c1-11(2)7-6-10-13-15-16-14(17-13)12-8-4-3-5-9-12/h3-5,8-9,11H,6-7,10H2,1-2H3. The minimum absolute atomic E-state index is 0.616. The topological polar surface area (TPSA) is 38.9 Å². The summed E-state index contributed by atoms with van der Waals surface area (Å²) < 4.78 is 5.63. The summed E-state index contributed by atoms with van der Waals surface area (Å²) in [4.78, 5) is 0. The molecule has 1 aromatic carbocycles. The fourth-order valence-electron chi connectivity index (χ4n) is 1.71. The van der Waals surface area contributed by atoms with Crippen LogP contribution in [-0.2, 0) is 6.42 Å². The Balaban J connectivity index is 1.97. The van der Waals surface area contributed by atoms with E-state index in [1.165, 1.54) is 6.42 Å². The zero-order valence-electron chi connectivity index (χ0n) is 10.4. The third-order valence-corrected chi connectivity index (χ3v) is 2.66. The molecule has 0 saturated carbocycles. The van der Waals surface area contributed by atoms with Crippen molar-refractivity contribution in [3.63, 3.8) is 0 Å². The van der Waals surface area contributed by atoms with Gasteiger partial charge in [-0.25, -0.2) is 0 Å². The predicted molar refractivity (Wildman–Crippen MR) is 67.5 cm³/mol. The highest BCUT2D eigenvalue weighted by Gasteiger charge is 2.07. The Hall–Kier alpha value is -1.64. The van der Waals surface area contributed by atoms with Gasteiger partial charge in [0, 0.05) is 12.0 Å². The van der Waals surface area contributed by atoms with E-state index >= 15 is 0 Å². The average molecular weight is 230 g/mol. The lowest BCUT2D eigenvalue weighted by atomic mass is 10.1. The van der Waals surface area contributed by atoms with Crippen LogP contribution in [0.5, 0.6) is 0 Å². The van der Waals surface area contributed by atoms with Crippen LogP contribution in [0.2, 0.25) is 0 Å². The summed E-state index contributed by atoms with van der Waals surface area (Å²) in [5, 5.41) is 8.14. The van der Waals surface area contributed by atoms with Gasteiger partial charge in [-0.2, -0.15) is 0 Å². The van der Waals surface area contributed by atoms with Crippen molar-refractivity contribution in [1.29, 1.82) is 0 Å². The van der Waals surface area contributed by atoms with Gasteiger partial charge in [-0.05, 0) is 24.5 Å². The minimum atomic E-state index is 0.616. The number of benzene rings is 1. The molecule has 0 bridgehead atoms. The van der Waals surface area contributed by atoms with Gasteiger partial charge in [0.15, 0.2) is 0 Å². The number of rotatable bonds is 5. The van der Waals surface area contributed by atoms with Crippen molar-refractivity contribution in [2.24, 2.45) is 5.92 Å². The van der Waals surface area contributed by atoms with Gasteiger partial charge >= 0.3 is 0 Å². The largest absolute Gasteiger partial charge is 0.421 e. The van der Waals surface area contributed by atoms with Gasteiger partial charge in [0.25, 0.3) is 0 Å². The zero-order valence-corrected chi connectivity index (χ0v) is 10.4. The molecule has 0 radical (unpaired) electrons. The van der Waals surface area contributed by atoms with E-state index in [2.05, 4.69) is 24.0 Å². The lowest BCUT2D eigenvalue weighted by Crippen LogP contribution is -1.90. The summed E-state index contributed by atoms with van der Waals surface area (Å²) in [5.74, 6) is 2.08. The molecule has 0 amide bonds. The molecule has 90 valence electrons. The molecule has 2 rings (SSSR count). The molecule has 0 aliphatic carbocycles. The molecule has 17 heavy (non-hydrogen) atoms. The van der Waals surface area contributed by atoms with E-state index < -0.39 is 0 Å². The fraction of sp³-hybridized carbons (Fsp3) is 0.429. The highest BCUT2D eigenvalue weighted by molar-refractivity contribution is 5.51. The molecule has 1 aromatic heterocycles. The Morgan fingerprint density at radius 3 is 2.59 bits per heavy atom. The van der Waals surface area contributed by atoms with E-state index in [0.29, 0.717) is 5.89 Å². The molecule has 0 N–H and O–H groups in total. The summed E-state index contributed by atoms with van der Waals surface area (Å²) in [6.07, 6.45) is 3.18. The van der Waals surface area contributed by atoms with Gasteiger partial charge in [0.2, 0.25) is 11.8 Å². The van der Waals surface area contributed by atoms with E-state index in [9.17, 15) is 0 Å². The normalized spacial score (nSPS) is 11.0. The molecule has 0 spiro atoms. The highest BCUT2D eigenvalue weighted by atomic mass is 16.4. The summed E-state index contributed by atoms with van der Waals surface area (Å²) in [7, 11) is 0. The number of aryl methyl sites for hydroxylation is 1. The van der Waals surface area contributed by atoms with Crippen molar-refractivity contribution in [1.82, 2.24) is 10.2 Å². The maximum Gasteiger partial charge on any atom is 0.247 e. The number of hydrogen-bond donors (Lipinski definition) is 0. The highest BCUT2D eigenvalue weighted by Crippen LogP contribution is 2.18. The Labute approximate surface area is 102 Å². The van der Waals surface area contributed by atoms with E-state index in [1.54, 1.807) is 0 Å². The second-order valence-corrected chi connectivity index (χ2v) is 4.65. The molecule has 3 heteroatoms. The first-order chi connectivity index (χ1) is 8.25. The maximum absolute atomic E-state index is 5.63. The van der Waals surface area contributed by atoms with Crippen molar-refractivity contribution in [3.8, 4) is 11.5 Å². The number of aromatic nitrogens is 2. The van der Waals surface area contributed by atoms with Crippen LogP contribution >= 0.6 is 0 Å². The van der Waals surface area contributed by atoms with Crippen molar-refractivity contribution in [3.05, 3.63) is 36.2 Å². The van der Waals surface area contributed by atoms with Crippen LogP contribution in [0.3, 0.4) is 0 Å². The molecule has 0 fully saturated rings. The molecule has 0 unspecified atom stereocenters. The van der Waals surface area contributed by atoms with E-state index in [0.717, 1.165) is 30.2 Å². The van der Waals surface area contributed by atoms with E-state index in [4.69, 9.17) is 4.42 Å². The van der Waals surface area contributed by atoms with E-state index in [1.807, 2.05) is 30.3 Å². The number of hydrogen-bond acceptors (Lipinski definition) is 3. The third-order valence-electron chi connectivity index (χ3n) is 2.66. The SMILES string of the molecule is CC(C)CCCc1nnc(-c2ccccc2)o1. The first-order valence-corrected chi connectivity index (χ1v) is 6.13. The van der Waals surface area contributed by atoms with Crippen LogP contribution in [0.1, 0.15) is 32.6 Å². The smallest absolute Gasteiger partial charge is 0.247 e. The lowest BCUT2D eigenvalue weighted by Gasteiger charge is -2.00. The first-order valence-electron chi connectivity index (χ1n) is 6.13. The molecule has 3 nitrogen and oxygen atoms in total. The Morgan fingerprint density at radius 1 is 1.12 bits per heavy atom. The van der Waals surface area contributed by atoms with Crippen LogP contribution in [0.4, 0.5) is 0 Å². The van der Waals surface area contributed by atoms with Crippen LogP contribution in [0, 0.1) is 5.92 Å². The van der Waals surface area contributed by atoms with Gasteiger partial charge in [-0.3, -0.25) is 0 Å². The Kier molecular flexibility index (Phi) is 3.91. The monoisotopic (exact) mass is 230 g/mol. The summed E-state index contributed by atoms with van der Waals surface area (Å²) >= 11 is 0. The Morgan fingerprint density at radius 2 is 1.88 bits per heavy atom. The second-order valence-electron chi connectivity index (χ2n) is 4.65. The van der Waals surface area contributed by atoms with Crippen molar-refractivity contribution >= 4 is 0 Å². The average Bonchev–Trinajstić information content (AvgIpc) is 2.78. The summed E-state index contributed by atoms with van der Waals surface area (Å²) in [6.45, 7) is 4.45. The van der Waals surface area contributed by atoms with Crippen LogP contribution in [0.15, 0.2) is 34.7 Å². The quantitative estimate of drug-likeness (QED) is 0.785. The molecular formula is C14H18N2O. The minimum Gasteiger partial charge on any atom is -0.421 e. The van der Waals surface area contributed by atoms with E-state index in [-0.39, 0.29) is 0 Å². The molecule has 2 aromatic rings. The van der Waals surface area contributed by atoms with Gasteiger partial charge < -0.3 is 4.42 Å². The van der Waals surface area contributed by atoms with Crippen molar-refractivity contribution in [2.45, 2.75) is 33.1 Å². The fourth-order valence-corrected chi connectivity index (χ4v) is 1.71. The van der Waals surface area contributed by atoms with Gasteiger partial charge in [-0.1, -0.05) is 38.5 Å². The molecule has 0 atom stereocenters. The molecule has 0 aliphatic rings. The third kappa shape index (κ3) is 3.41. The maximum atomic E-state index is 5.63. The first kappa shape index (κ1) is 11.8. The predicted octanol–water partition coefficient (Wildman–Crippen LogP) is 3.72. The molecule has 0 saturated heterocycles.